The third-order valence-corrected chi connectivity index (χ3v) is 1.41. The van der Waals surface area contributed by atoms with Gasteiger partial charge >= 0.3 is 0 Å². The van der Waals surface area contributed by atoms with Gasteiger partial charge < -0.3 is 5.73 Å². The molecule has 1 amide bonds. The second kappa shape index (κ2) is 3.39. The van der Waals surface area contributed by atoms with Gasteiger partial charge in [-0.3, -0.25) is 4.79 Å². The molecule has 0 spiro atoms. The van der Waals surface area contributed by atoms with E-state index in [9.17, 15) is 4.79 Å². The van der Waals surface area contributed by atoms with Gasteiger partial charge in [-0.15, -0.1) is 0 Å². The number of rotatable bonds is 2. The molecule has 1 radical (unpaired) electrons. The Morgan fingerprint density at radius 3 is 2.91 bits per heavy atom. The molecule has 0 saturated heterocycles. The van der Waals surface area contributed by atoms with Gasteiger partial charge in [0.05, 0.1) is 6.42 Å². The van der Waals surface area contributed by atoms with Crippen LogP contribution in [0.5, 0.6) is 0 Å². The summed E-state index contributed by atoms with van der Waals surface area (Å²) in [4.78, 5) is 10.4. The number of carbonyl (C=O) groups excluding carboxylic acids is 1. The van der Waals surface area contributed by atoms with Crippen molar-refractivity contribution in [2.75, 3.05) is 0 Å². The van der Waals surface area contributed by atoms with Gasteiger partial charge in [-0.2, -0.15) is 0 Å². The van der Waals surface area contributed by atoms with E-state index in [4.69, 9.17) is 17.3 Å². The lowest BCUT2D eigenvalue weighted by atomic mass is 10.1. The molecule has 0 aromatic heterocycles. The molecular weight excluding hydrogens is 162 g/mol. The Bertz CT molecular complexity index is 273. The van der Waals surface area contributed by atoms with E-state index in [2.05, 4.69) is 6.07 Å². The summed E-state index contributed by atoms with van der Waals surface area (Å²) in [7, 11) is 0. The van der Waals surface area contributed by atoms with Gasteiger partial charge in [0.15, 0.2) is 0 Å². The number of carbonyl (C=O) groups is 1. The first-order chi connectivity index (χ1) is 5.18. The highest BCUT2D eigenvalue weighted by atomic mass is 35.5. The zero-order valence-electron chi connectivity index (χ0n) is 5.80. The van der Waals surface area contributed by atoms with Gasteiger partial charge in [-0.25, -0.2) is 0 Å². The normalized spacial score (nSPS) is 9.55. The number of amides is 1. The molecule has 0 aliphatic rings. The molecule has 2 nitrogen and oxygen atoms in total. The summed E-state index contributed by atoms with van der Waals surface area (Å²) < 4.78 is 0. The van der Waals surface area contributed by atoms with Crippen molar-refractivity contribution in [3.63, 3.8) is 0 Å². The summed E-state index contributed by atoms with van der Waals surface area (Å²) in [6.07, 6.45) is 0.219. The van der Waals surface area contributed by atoms with E-state index in [0.29, 0.717) is 5.02 Å². The summed E-state index contributed by atoms with van der Waals surface area (Å²) >= 11 is 5.64. The Morgan fingerprint density at radius 1 is 1.64 bits per heavy atom. The Labute approximate surface area is 70.0 Å². The zero-order chi connectivity index (χ0) is 8.27. The maximum absolute atomic E-state index is 10.4. The molecule has 57 valence electrons. The van der Waals surface area contributed by atoms with Crippen molar-refractivity contribution < 1.29 is 4.79 Å². The Kier molecular flexibility index (Phi) is 2.49. The van der Waals surface area contributed by atoms with Crippen LogP contribution in [-0.2, 0) is 11.2 Å². The minimum Gasteiger partial charge on any atom is -0.369 e. The van der Waals surface area contributed by atoms with Crippen LogP contribution in [-0.4, -0.2) is 5.91 Å². The fraction of sp³-hybridized carbons (Fsp3) is 0.125. The van der Waals surface area contributed by atoms with E-state index < -0.39 is 0 Å². The smallest absolute Gasteiger partial charge is 0.221 e. The number of nitrogens with two attached hydrogens (primary N) is 1. The fourth-order valence-electron chi connectivity index (χ4n) is 0.792. The summed E-state index contributed by atoms with van der Waals surface area (Å²) in [5.74, 6) is -0.360. The van der Waals surface area contributed by atoms with Crippen molar-refractivity contribution in [2.24, 2.45) is 5.73 Å². The first-order valence-corrected chi connectivity index (χ1v) is 3.50. The highest BCUT2D eigenvalue weighted by Gasteiger charge is 1.97. The molecule has 0 fully saturated rings. The maximum Gasteiger partial charge on any atom is 0.221 e. The van der Waals surface area contributed by atoms with Crippen LogP contribution in [0.3, 0.4) is 0 Å². The maximum atomic E-state index is 10.4. The zero-order valence-corrected chi connectivity index (χ0v) is 6.56. The molecule has 0 aliphatic heterocycles. The predicted octanol–water partition coefficient (Wildman–Crippen LogP) is 1.17. The Balaban J connectivity index is 2.79. The summed E-state index contributed by atoms with van der Waals surface area (Å²) in [6.45, 7) is 0. The molecule has 0 saturated carbocycles. The Hall–Kier alpha value is -1.02. The third kappa shape index (κ3) is 2.60. The van der Waals surface area contributed by atoms with E-state index in [1.807, 2.05) is 0 Å². The summed E-state index contributed by atoms with van der Waals surface area (Å²) in [5.41, 5.74) is 5.77. The average molecular weight is 169 g/mol. The number of hydrogen-bond donors (Lipinski definition) is 1. The first kappa shape index (κ1) is 8.08. The lowest BCUT2D eigenvalue weighted by Gasteiger charge is -1.95. The molecule has 0 bridgehead atoms. The number of primary amides is 1. The van der Waals surface area contributed by atoms with E-state index in [0.717, 1.165) is 5.56 Å². The van der Waals surface area contributed by atoms with Gasteiger partial charge in [-0.05, 0) is 23.8 Å². The first-order valence-electron chi connectivity index (χ1n) is 3.12. The second-order valence-electron chi connectivity index (χ2n) is 2.20. The van der Waals surface area contributed by atoms with Crippen molar-refractivity contribution in [1.29, 1.82) is 0 Å². The van der Waals surface area contributed by atoms with Crippen molar-refractivity contribution in [3.05, 3.63) is 34.9 Å². The topological polar surface area (TPSA) is 43.1 Å². The molecule has 3 heteroatoms. The predicted molar refractivity (Wildman–Crippen MR) is 43.2 cm³/mol. The Morgan fingerprint density at radius 2 is 2.36 bits per heavy atom. The van der Waals surface area contributed by atoms with E-state index in [-0.39, 0.29) is 12.3 Å². The molecule has 0 atom stereocenters. The van der Waals surface area contributed by atoms with Crippen LogP contribution in [0.1, 0.15) is 5.56 Å². The fourth-order valence-corrected chi connectivity index (χ4v) is 0.995. The quantitative estimate of drug-likeness (QED) is 0.708. The number of hydrogen-bond acceptors (Lipinski definition) is 1. The molecule has 0 heterocycles. The molecule has 1 aromatic carbocycles. The summed E-state index contributed by atoms with van der Waals surface area (Å²) in [5, 5.41) is 0.573. The van der Waals surface area contributed by atoms with Crippen LogP contribution >= 0.6 is 11.6 Å². The van der Waals surface area contributed by atoms with Gasteiger partial charge in [0.1, 0.15) is 0 Å². The van der Waals surface area contributed by atoms with Gasteiger partial charge in [0, 0.05) is 5.02 Å². The van der Waals surface area contributed by atoms with Gasteiger partial charge in [0.25, 0.3) is 0 Å². The average Bonchev–Trinajstić information content (AvgIpc) is 1.85. The van der Waals surface area contributed by atoms with Crippen molar-refractivity contribution >= 4 is 17.5 Å². The van der Waals surface area contributed by atoms with Gasteiger partial charge in [-0.1, -0.05) is 17.7 Å². The van der Waals surface area contributed by atoms with Crippen LogP contribution in [0, 0.1) is 6.07 Å². The number of halogens is 1. The van der Waals surface area contributed by atoms with E-state index in [1.165, 1.54) is 0 Å². The second-order valence-corrected chi connectivity index (χ2v) is 2.64. The molecule has 1 aromatic rings. The lowest BCUT2D eigenvalue weighted by Crippen LogP contribution is -2.13. The van der Waals surface area contributed by atoms with Gasteiger partial charge in [0.2, 0.25) is 5.91 Å². The van der Waals surface area contributed by atoms with E-state index >= 15 is 0 Å². The van der Waals surface area contributed by atoms with Crippen LogP contribution in [0.15, 0.2) is 18.2 Å². The highest BCUT2D eigenvalue weighted by Crippen LogP contribution is 2.09. The molecule has 1 rings (SSSR count). The van der Waals surface area contributed by atoms with Crippen molar-refractivity contribution in [3.8, 4) is 0 Å². The SMILES string of the molecule is NC(=O)Cc1c[c]cc(Cl)c1. The van der Waals surface area contributed by atoms with Crippen LogP contribution < -0.4 is 5.73 Å². The number of benzene rings is 1. The van der Waals surface area contributed by atoms with E-state index in [1.54, 1.807) is 18.2 Å². The summed E-state index contributed by atoms with van der Waals surface area (Å²) in [6, 6.07) is 7.81. The molecule has 0 aliphatic carbocycles. The van der Waals surface area contributed by atoms with Crippen molar-refractivity contribution in [2.45, 2.75) is 6.42 Å². The van der Waals surface area contributed by atoms with Crippen molar-refractivity contribution in [1.82, 2.24) is 0 Å². The monoisotopic (exact) mass is 168 g/mol. The molecule has 11 heavy (non-hydrogen) atoms. The molecule has 2 N–H and O–H groups in total. The minimum atomic E-state index is -0.360. The highest BCUT2D eigenvalue weighted by molar-refractivity contribution is 6.30. The molecular formula is C8H7ClNO. The largest absolute Gasteiger partial charge is 0.369 e. The van der Waals surface area contributed by atoms with Crippen LogP contribution in [0.2, 0.25) is 5.02 Å². The van der Waals surface area contributed by atoms with Crippen LogP contribution in [0.4, 0.5) is 0 Å². The minimum absolute atomic E-state index is 0.219. The lowest BCUT2D eigenvalue weighted by molar-refractivity contribution is -0.117. The standard InChI is InChI=1S/C8H7ClNO/c9-7-3-1-2-6(4-7)5-8(10)11/h2-4H,5H2,(H2,10,11). The molecule has 0 unspecified atom stereocenters. The third-order valence-electron chi connectivity index (χ3n) is 1.19. The van der Waals surface area contributed by atoms with Crippen LogP contribution in [0.25, 0.3) is 0 Å².